The minimum atomic E-state index is 0.873. The van der Waals surface area contributed by atoms with E-state index in [1.807, 2.05) is 0 Å². The van der Waals surface area contributed by atoms with Gasteiger partial charge < -0.3 is 9.32 Å². The van der Waals surface area contributed by atoms with Gasteiger partial charge in [-0.2, -0.15) is 0 Å². The highest BCUT2D eigenvalue weighted by molar-refractivity contribution is 6.22. The van der Waals surface area contributed by atoms with Crippen molar-refractivity contribution in [3.8, 4) is 44.5 Å². The number of nitrogens with zero attached hydrogens (tertiary/aromatic N) is 1. The molecular formula is C52H35NO. The Hall–Kier alpha value is -7.16. The first-order chi connectivity index (χ1) is 26.8. The van der Waals surface area contributed by atoms with Crippen LogP contribution in [0.3, 0.4) is 0 Å². The van der Waals surface area contributed by atoms with Gasteiger partial charge in [0.15, 0.2) is 0 Å². The summed E-state index contributed by atoms with van der Waals surface area (Å²) >= 11 is 0. The molecule has 254 valence electrons. The fourth-order valence-corrected chi connectivity index (χ4v) is 7.79. The molecule has 0 fully saturated rings. The molecule has 0 bridgehead atoms. The van der Waals surface area contributed by atoms with Crippen LogP contribution in [-0.2, 0) is 0 Å². The average Bonchev–Trinajstić information content (AvgIpc) is 3.63. The normalized spacial score (nSPS) is 11.3. The van der Waals surface area contributed by atoms with Gasteiger partial charge in [0.1, 0.15) is 11.2 Å². The second-order valence-electron chi connectivity index (χ2n) is 13.7. The number of hydrogen-bond acceptors (Lipinski definition) is 2. The Morgan fingerprint density at radius 2 is 0.685 bits per heavy atom. The summed E-state index contributed by atoms with van der Waals surface area (Å²) in [4.78, 5) is 2.34. The van der Waals surface area contributed by atoms with Crippen LogP contribution in [0, 0.1) is 0 Å². The molecule has 0 radical (unpaired) electrons. The summed E-state index contributed by atoms with van der Waals surface area (Å²) in [5.74, 6) is 0. The first-order valence-corrected chi connectivity index (χ1v) is 18.4. The van der Waals surface area contributed by atoms with Crippen LogP contribution in [0.4, 0.5) is 17.1 Å². The van der Waals surface area contributed by atoms with Gasteiger partial charge in [0.25, 0.3) is 0 Å². The van der Waals surface area contributed by atoms with Crippen LogP contribution < -0.4 is 4.90 Å². The Morgan fingerprint density at radius 1 is 0.278 bits per heavy atom. The number of furan rings is 1. The quantitative estimate of drug-likeness (QED) is 0.166. The second-order valence-corrected chi connectivity index (χ2v) is 13.7. The van der Waals surface area contributed by atoms with Crippen LogP contribution in [0.5, 0.6) is 0 Å². The van der Waals surface area contributed by atoms with Crippen molar-refractivity contribution in [2.24, 2.45) is 0 Å². The molecule has 0 spiro atoms. The minimum Gasteiger partial charge on any atom is -0.456 e. The van der Waals surface area contributed by atoms with Crippen LogP contribution >= 0.6 is 0 Å². The van der Waals surface area contributed by atoms with Crippen molar-refractivity contribution < 1.29 is 4.42 Å². The SMILES string of the molecule is c1ccc(-c2ccc(-c3ccc(N(c4ccc(-c5ccccc5)cc4)c4ccc5oc6cc(-c7ccccc7)c7ccccc7c6c5c4)cc3)cc2)cc1. The molecule has 0 atom stereocenters. The molecule has 0 saturated heterocycles. The Labute approximate surface area is 314 Å². The van der Waals surface area contributed by atoms with Crippen molar-refractivity contribution >= 4 is 49.8 Å². The summed E-state index contributed by atoms with van der Waals surface area (Å²) in [7, 11) is 0. The average molecular weight is 690 g/mol. The summed E-state index contributed by atoms with van der Waals surface area (Å²) < 4.78 is 6.62. The number of anilines is 3. The lowest BCUT2D eigenvalue weighted by Gasteiger charge is -2.26. The fraction of sp³-hybridized carbons (Fsp3) is 0. The molecule has 0 unspecified atom stereocenters. The first kappa shape index (κ1) is 31.6. The number of rotatable bonds is 7. The smallest absolute Gasteiger partial charge is 0.136 e. The van der Waals surface area contributed by atoms with Crippen molar-refractivity contribution in [3.63, 3.8) is 0 Å². The van der Waals surface area contributed by atoms with Gasteiger partial charge in [0, 0.05) is 27.8 Å². The molecule has 0 N–H and O–H groups in total. The molecule has 0 amide bonds. The van der Waals surface area contributed by atoms with Gasteiger partial charge in [-0.15, -0.1) is 0 Å². The largest absolute Gasteiger partial charge is 0.456 e. The van der Waals surface area contributed by atoms with Crippen molar-refractivity contribution in [1.82, 2.24) is 0 Å². The predicted molar refractivity (Wildman–Crippen MR) is 228 cm³/mol. The van der Waals surface area contributed by atoms with E-state index in [2.05, 4.69) is 217 Å². The summed E-state index contributed by atoms with van der Waals surface area (Å²) in [6, 6.07) is 75.7. The van der Waals surface area contributed by atoms with Crippen molar-refractivity contribution in [2.45, 2.75) is 0 Å². The monoisotopic (exact) mass is 689 g/mol. The number of hydrogen-bond donors (Lipinski definition) is 0. The molecule has 10 aromatic rings. The lowest BCUT2D eigenvalue weighted by Crippen LogP contribution is -2.09. The van der Waals surface area contributed by atoms with Gasteiger partial charge in [-0.25, -0.2) is 0 Å². The van der Waals surface area contributed by atoms with E-state index in [0.29, 0.717) is 0 Å². The third-order valence-electron chi connectivity index (χ3n) is 10.5. The molecule has 2 heteroatoms. The van der Waals surface area contributed by atoms with Crippen LogP contribution in [0.25, 0.3) is 77.2 Å². The fourth-order valence-electron chi connectivity index (χ4n) is 7.79. The van der Waals surface area contributed by atoms with E-state index >= 15 is 0 Å². The minimum absolute atomic E-state index is 0.873. The van der Waals surface area contributed by atoms with E-state index in [0.717, 1.165) is 39.0 Å². The van der Waals surface area contributed by atoms with Gasteiger partial charge in [0.2, 0.25) is 0 Å². The van der Waals surface area contributed by atoms with Crippen molar-refractivity contribution in [2.75, 3.05) is 4.90 Å². The van der Waals surface area contributed by atoms with Crippen LogP contribution in [0.2, 0.25) is 0 Å². The molecule has 0 aliphatic heterocycles. The van der Waals surface area contributed by atoms with Crippen molar-refractivity contribution in [1.29, 1.82) is 0 Å². The maximum absolute atomic E-state index is 6.62. The molecule has 1 aromatic heterocycles. The molecule has 2 nitrogen and oxygen atoms in total. The van der Waals surface area contributed by atoms with E-state index < -0.39 is 0 Å². The van der Waals surface area contributed by atoms with Crippen LogP contribution in [0.1, 0.15) is 0 Å². The summed E-state index contributed by atoms with van der Waals surface area (Å²) in [5.41, 5.74) is 14.5. The van der Waals surface area contributed by atoms with E-state index in [4.69, 9.17) is 4.42 Å². The highest BCUT2D eigenvalue weighted by Gasteiger charge is 2.19. The third kappa shape index (κ3) is 5.71. The van der Waals surface area contributed by atoms with Gasteiger partial charge in [-0.1, -0.05) is 164 Å². The highest BCUT2D eigenvalue weighted by Crippen LogP contribution is 2.43. The molecule has 0 aliphatic rings. The molecule has 0 saturated carbocycles. The zero-order chi connectivity index (χ0) is 35.8. The van der Waals surface area contributed by atoms with Crippen molar-refractivity contribution in [3.05, 3.63) is 212 Å². The van der Waals surface area contributed by atoms with E-state index in [1.165, 1.54) is 55.3 Å². The van der Waals surface area contributed by atoms with Gasteiger partial charge in [0.05, 0.1) is 0 Å². The molecule has 0 aliphatic carbocycles. The lowest BCUT2D eigenvalue weighted by atomic mass is 9.95. The Bertz CT molecular complexity index is 2880. The second kappa shape index (κ2) is 13.4. The first-order valence-electron chi connectivity index (χ1n) is 18.4. The molecule has 54 heavy (non-hydrogen) atoms. The predicted octanol–water partition coefficient (Wildman–Crippen LogP) is 14.9. The molecule has 1 heterocycles. The number of benzene rings is 9. The molecule has 10 rings (SSSR count). The maximum atomic E-state index is 6.62. The highest BCUT2D eigenvalue weighted by atomic mass is 16.3. The number of fused-ring (bicyclic) bond motifs is 5. The molecule has 9 aromatic carbocycles. The standard InChI is InChI=1S/C52H35NO/c1-4-12-36(13-5-1)38-20-22-39(23-21-38)41-26-30-44(31-27-41)53(43-28-24-40(25-29-43)37-14-6-2-7-15-37)45-32-33-50-49(34-45)52-47-19-11-10-18-46(47)48(35-51(52)54-50)42-16-8-3-9-17-42/h1-35H. The van der Waals surface area contributed by atoms with E-state index in [1.54, 1.807) is 0 Å². The lowest BCUT2D eigenvalue weighted by molar-refractivity contribution is 0.669. The zero-order valence-electron chi connectivity index (χ0n) is 29.6. The topological polar surface area (TPSA) is 16.4 Å². The van der Waals surface area contributed by atoms with Gasteiger partial charge in [-0.3, -0.25) is 0 Å². The van der Waals surface area contributed by atoms with E-state index in [9.17, 15) is 0 Å². The van der Waals surface area contributed by atoms with Crippen LogP contribution in [-0.4, -0.2) is 0 Å². The van der Waals surface area contributed by atoms with E-state index in [-0.39, 0.29) is 0 Å². The maximum Gasteiger partial charge on any atom is 0.136 e. The summed E-state index contributed by atoms with van der Waals surface area (Å²) in [5, 5.41) is 4.63. The zero-order valence-corrected chi connectivity index (χ0v) is 29.6. The summed E-state index contributed by atoms with van der Waals surface area (Å²) in [6.07, 6.45) is 0. The Balaban J connectivity index is 1.09. The van der Waals surface area contributed by atoms with Crippen LogP contribution in [0.15, 0.2) is 217 Å². The molecular weight excluding hydrogens is 655 g/mol. The van der Waals surface area contributed by atoms with Gasteiger partial charge >= 0.3 is 0 Å². The van der Waals surface area contributed by atoms with Gasteiger partial charge in [-0.05, 0) is 104 Å². The summed E-state index contributed by atoms with van der Waals surface area (Å²) in [6.45, 7) is 0. The third-order valence-corrected chi connectivity index (χ3v) is 10.5. The Kier molecular flexibility index (Phi) is 7.85. The Morgan fingerprint density at radius 3 is 1.20 bits per heavy atom.